The van der Waals surface area contributed by atoms with E-state index in [1.54, 1.807) is 36.5 Å². The number of furan rings is 2. The van der Waals surface area contributed by atoms with Crippen molar-refractivity contribution < 1.29 is 23.2 Å². The summed E-state index contributed by atoms with van der Waals surface area (Å²) >= 11 is 0. The summed E-state index contributed by atoms with van der Waals surface area (Å²) in [6, 6.07) is 8.75. The lowest BCUT2D eigenvalue weighted by Gasteiger charge is -2.30. The van der Waals surface area contributed by atoms with Gasteiger partial charge in [0.25, 0.3) is 11.8 Å². The van der Waals surface area contributed by atoms with Gasteiger partial charge in [0.05, 0.1) is 31.0 Å². The molecule has 0 bridgehead atoms. The molecule has 3 aromatic rings. The minimum atomic E-state index is -1.05. The molecular formula is C23H24N4O5. The molecule has 32 heavy (non-hydrogen) atoms. The SMILES string of the molecule is O=C(NCC(=O)N(c1cccnc1)C(C(=O)NC1CCCC1)c1ccco1)c1ccco1. The Kier molecular flexibility index (Phi) is 6.64. The molecule has 3 aromatic heterocycles. The Morgan fingerprint density at radius 1 is 1.06 bits per heavy atom. The lowest BCUT2D eigenvalue weighted by atomic mass is 10.1. The summed E-state index contributed by atoms with van der Waals surface area (Å²) in [4.78, 5) is 44.3. The summed E-state index contributed by atoms with van der Waals surface area (Å²) in [6.07, 6.45) is 9.80. The molecule has 3 amide bonds. The fourth-order valence-corrected chi connectivity index (χ4v) is 3.84. The normalized spacial score (nSPS) is 14.6. The third kappa shape index (κ3) is 4.88. The molecule has 1 unspecified atom stereocenters. The molecule has 166 valence electrons. The number of amides is 3. The first kappa shape index (κ1) is 21.4. The molecule has 1 saturated carbocycles. The molecule has 9 nitrogen and oxygen atoms in total. The average molecular weight is 436 g/mol. The third-order valence-corrected chi connectivity index (χ3v) is 5.36. The number of pyridine rings is 1. The van der Waals surface area contributed by atoms with Crippen LogP contribution in [-0.2, 0) is 9.59 Å². The first-order valence-electron chi connectivity index (χ1n) is 10.5. The van der Waals surface area contributed by atoms with Gasteiger partial charge in [-0.3, -0.25) is 24.3 Å². The van der Waals surface area contributed by atoms with E-state index in [2.05, 4.69) is 15.6 Å². The van der Waals surface area contributed by atoms with Gasteiger partial charge in [-0.2, -0.15) is 0 Å². The fourth-order valence-electron chi connectivity index (χ4n) is 3.84. The van der Waals surface area contributed by atoms with Crippen molar-refractivity contribution in [2.24, 2.45) is 0 Å². The van der Waals surface area contributed by atoms with E-state index in [0.29, 0.717) is 11.4 Å². The van der Waals surface area contributed by atoms with Crippen molar-refractivity contribution in [1.29, 1.82) is 0 Å². The van der Waals surface area contributed by atoms with Gasteiger partial charge in [0.2, 0.25) is 5.91 Å². The third-order valence-electron chi connectivity index (χ3n) is 5.36. The predicted octanol–water partition coefficient (Wildman–Crippen LogP) is 2.83. The molecule has 9 heteroatoms. The van der Waals surface area contributed by atoms with Gasteiger partial charge in [-0.05, 0) is 49.2 Å². The van der Waals surface area contributed by atoms with Crippen molar-refractivity contribution in [2.75, 3.05) is 11.4 Å². The van der Waals surface area contributed by atoms with Crippen molar-refractivity contribution in [1.82, 2.24) is 15.6 Å². The molecule has 4 rings (SSSR count). The monoisotopic (exact) mass is 436 g/mol. The number of carbonyl (C=O) groups excluding carboxylic acids is 3. The highest BCUT2D eigenvalue weighted by atomic mass is 16.3. The minimum absolute atomic E-state index is 0.0597. The quantitative estimate of drug-likeness (QED) is 0.561. The van der Waals surface area contributed by atoms with Gasteiger partial charge < -0.3 is 19.5 Å². The summed E-state index contributed by atoms with van der Waals surface area (Å²) in [5, 5.41) is 5.58. The lowest BCUT2D eigenvalue weighted by Crippen LogP contribution is -2.49. The molecule has 0 radical (unpaired) electrons. The summed E-state index contributed by atoms with van der Waals surface area (Å²) in [5.41, 5.74) is 0.410. The fraction of sp³-hybridized carbons (Fsp3) is 0.304. The number of carbonyl (C=O) groups is 3. The van der Waals surface area contributed by atoms with Crippen LogP contribution >= 0.6 is 0 Å². The van der Waals surface area contributed by atoms with Crippen molar-refractivity contribution in [2.45, 2.75) is 37.8 Å². The van der Waals surface area contributed by atoms with Crippen molar-refractivity contribution >= 4 is 23.4 Å². The van der Waals surface area contributed by atoms with Crippen LogP contribution in [0.25, 0.3) is 0 Å². The Hall–Kier alpha value is -3.88. The zero-order valence-corrected chi connectivity index (χ0v) is 17.4. The lowest BCUT2D eigenvalue weighted by molar-refractivity contribution is -0.127. The zero-order valence-electron chi connectivity index (χ0n) is 17.4. The molecule has 0 aliphatic heterocycles. The molecule has 3 heterocycles. The Balaban J connectivity index is 1.61. The van der Waals surface area contributed by atoms with Gasteiger partial charge in [0.15, 0.2) is 11.8 Å². The minimum Gasteiger partial charge on any atom is -0.467 e. The topological polar surface area (TPSA) is 118 Å². The van der Waals surface area contributed by atoms with Crippen LogP contribution in [0.1, 0.15) is 48.0 Å². The van der Waals surface area contributed by atoms with E-state index in [4.69, 9.17) is 8.83 Å². The Labute approximate surface area is 184 Å². The average Bonchev–Trinajstić information content (AvgIpc) is 3.59. The highest BCUT2D eigenvalue weighted by Crippen LogP contribution is 2.29. The number of anilines is 1. The van der Waals surface area contributed by atoms with Crippen molar-refractivity contribution in [3.8, 4) is 0 Å². The van der Waals surface area contributed by atoms with E-state index >= 15 is 0 Å². The number of hydrogen-bond donors (Lipinski definition) is 2. The number of aromatic nitrogens is 1. The van der Waals surface area contributed by atoms with Crippen LogP contribution in [0, 0.1) is 0 Å². The molecule has 1 atom stereocenters. The summed E-state index contributed by atoms with van der Waals surface area (Å²) < 4.78 is 10.6. The van der Waals surface area contributed by atoms with Crippen LogP contribution in [-0.4, -0.2) is 35.3 Å². The van der Waals surface area contributed by atoms with Crippen molar-refractivity contribution in [3.05, 3.63) is 72.8 Å². The van der Waals surface area contributed by atoms with E-state index < -0.39 is 17.9 Å². The standard InChI is InChI=1S/C23H24N4O5/c28-20(15-25-22(29)19-10-5-13-32-19)27(17-8-3-11-24-14-17)21(18-9-4-12-31-18)23(30)26-16-6-1-2-7-16/h3-5,8-14,16,21H,1-2,6-7,15H2,(H,25,29)(H,26,30). The van der Waals surface area contributed by atoms with Gasteiger partial charge in [-0.15, -0.1) is 0 Å². The molecular weight excluding hydrogens is 412 g/mol. The Bertz CT molecular complexity index is 1030. The molecule has 2 N–H and O–H groups in total. The van der Waals surface area contributed by atoms with Crippen LogP contribution in [0.5, 0.6) is 0 Å². The van der Waals surface area contributed by atoms with Crippen LogP contribution in [0.3, 0.4) is 0 Å². The highest BCUT2D eigenvalue weighted by molar-refractivity contribution is 6.03. The number of hydrogen-bond acceptors (Lipinski definition) is 6. The second-order valence-electron chi connectivity index (χ2n) is 7.54. The Morgan fingerprint density at radius 2 is 1.84 bits per heavy atom. The number of nitrogens with zero attached hydrogens (tertiary/aromatic N) is 2. The molecule has 1 fully saturated rings. The van der Waals surface area contributed by atoms with Crippen LogP contribution in [0.2, 0.25) is 0 Å². The number of nitrogens with one attached hydrogen (secondary N) is 2. The van der Waals surface area contributed by atoms with E-state index in [0.717, 1.165) is 25.7 Å². The molecule has 0 aromatic carbocycles. The predicted molar refractivity (Wildman–Crippen MR) is 115 cm³/mol. The first-order chi connectivity index (χ1) is 15.6. The van der Waals surface area contributed by atoms with Gasteiger partial charge in [-0.25, -0.2) is 0 Å². The number of rotatable bonds is 8. The second kappa shape index (κ2) is 9.95. The van der Waals surface area contributed by atoms with Crippen molar-refractivity contribution in [3.63, 3.8) is 0 Å². The van der Waals surface area contributed by atoms with Gasteiger partial charge in [0, 0.05) is 12.2 Å². The van der Waals surface area contributed by atoms with E-state index in [9.17, 15) is 14.4 Å². The molecule has 1 aliphatic rings. The van der Waals surface area contributed by atoms with E-state index in [1.165, 1.54) is 29.7 Å². The van der Waals surface area contributed by atoms with Crippen LogP contribution in [0.4, 0.5) is 5.69 Å². The van der Waals surface area contributed by atoms with E-state index in [1.807, 2.05) is 0 Å². The van der Waals surface area contributed by atoms with Crippen LogP contribution in [0.15, 0.2) is 70.2 Å². The van der Waals surface area contributed by atoms with Gasteiger partial charge in [-0.1, -0.05) is 12.8 Å². The largest absolute Gasteiger partial charge is 0.467 e. The molecule has 0 spiro atoms. The Morgan fingerprint density at radius 3 is 2.50 bits per heavy atom. The van der Waals surface area contributed by atoms with E-state index in [-0.39, 0.29) is 24.3 Å². The summed E-state index contributed by atoms with van der Waals surface area (Å²) in [6.45, 7) is -0.345. The maximum absolute atomic E-state index is 13.4. The molecule has 1 aliphatic carbocycles. The highest BCUT2D eigenvalue weighted by Gasteiger charge is 2.36. The first-order valence-corrected chi connectivity index (χ1v) is 10.5. The maximum atomic E-state index is 13.4. The molecule has 0 saturated heterocycles. The van der Waals surface area contributed by atoms with Gasteiger partial charge in [0.1, 0.15) is 5.76 Å². The maximum Gasteiger partial charge on any atom is 0.287 e. The second-order valence-corrected chi connectivity index (χ2v) is 7.54. The summed E-state index contributed by atoms with van der Waals surface area (Å²) in [5.74, 6) is -0.968. The smallest absolute Gasteiger partial charge is 0.287 e. The summed E-state index contributed by atoms with van der Waals surface area (Å²) in [7, 11) is 0. The zero-order chi connectivity index (χ0) is 22.3. The van der Waals surface area contributed by atoms with Gasteiger partial charge >= 0.3 is 0 Å². The van der Waals surface area contributed by atoms with Crippen LogP contribution < -0.4 is 15.5 Å².